The van der Waals surface area contributed by atoms with Crippen LogP contribution in [0.5, 0.6) is 5.88 Å². The number of pyridine rings is 1. The van der Waals surface area contributed by atoms with Crippen LogP contribution >= 0.6 is 11.6 Å². The topological polar surface area (TPSA) is 113 Å². The van der Waals surface area contributed by atoms with E-state index in [4.69, 9.17) is 25.5 Å². The van der Waals surface area contributed by atoms with Gasteiger partial charge in [0.05, 0.1) is 31.7 Å². The molecule has 3 heterocycles. The number of hydrogen-bond donors (Lipinski definition) is 1. The first kappa shape index (κ1) is 35.9. The van der Waals surface area contributed by atoms with E-state index < -0.39 is 20.3 Å². The number of hydrogen-bond acceptors (Lipinski definition) is 8. The zero-order valence-electron chi connectivity index (χ0n) is 29.3. The van der Waals surface area contributed by atoms with E-state index in [1.807, 2.05) is 50.2 Å². The number of nitrogens with one attached hydrogen (secondary N) is 1. The van der Waals surface area contributed by atoms with Crippen LogP contribution in [0.25, 0.3) is 16.7 Å². The first-order chi connectivity index (χ1) is 24.6. The fraction of sp³-hybridized carbons (Fsp3) is 0.256. The Bertz CT molecular complexity index is 2050. The summed E-state index contributed by atoms with van der Waals surface area (Å²) in [6.45, 7) is 11.0. The molecule has 0 aliphatic rings. The molecule has 262 valence electrons. The molecule has 0 spiro atoms. The lowest BCUT2D eigenvalue weighted by molar-refractivity contribution is -0.125. The molecule has 6 aromatic rings. The van der Waals surface area contributed by atoms with Gasteiger partial charge in [0.25, 0.3) is 14.2 Å². The van der Waals surface area contributed by atoms with Crippen LogP contribution in [0.1, 0.15) is 31.9 Å². The molecule has 6 rings (SSSR count). The molecule has 0 aliphatic heterocycles. The number of amides is 1. The third-order valence-corrected chi connectivity index (χ3v) is 14.2. The van der Waals surface area contributed by atoms with Crippen molar-refractivity contribution in [1.29, 1.82) is 0 Å². The van der Waals surface area contributed by atoms with Crippen molar-refractivity contribution in [2.75, 3.05) is 25.1 Å². The molecule has 12 heteroatoms. The highest BCUT2D eigenvalue weighted by atomic mass is 35.5. The predicted molar refractivity (Wildman–Crippen MR) is 203 cm³/mol. The maximum Gasteiger partial charge on any atom is 0.269 e. The Morgan fingerprint density at radius 2 is 1.57 bits per heavy atom. The van der Waals surface area contributed by atoms with E-state index in [-0.39, 0.29) is 24.1 Å². The number of carbonyl (C=O) groups excluding carboxylic acids is 1. The second-order valence-electron chi connectivity index (χ2n) is 13.3. The Morgan fingerprint density at radius 3 is 2.22 bits per heavy atom. The third-order valence-electron chi connectivity index (χ3n) is 8.74. The van der Waals surface area contributed by atoms with Gasteiger partial charge in [-0.1, -0.05) is 105 Å². The minimum absolute atomic E-state index is 0.0746. The largest absolute Gasteiger partial charge is 0.461 e. The van der Waals surface area contributed by atoms with Gasteiger partial charge in [0.1, 0.15) is 17.5 Å². The van der Waals surface area contributed by atoms with Crippen molar-refractivity contribution >= 4 is 53.1 Å². The van der Waals surface area contributed by atoms with E-state index in [1.165, 1.54) is 16.7 Å². The lowest BCUT2D eigenvalue weighted by Crippen LogP contribution is -2.66. The summed E-state index contributed by atoms with van der Waals surface area (Å²) in [5.74, 6) is 0.144. The fourth-order valence-corrected chi connectivity index (χ4v) is 10.9. The average Bonchev–Trinajstić information content (AvgIpc) is 3.56. The fourth-order valence-electron chi connectivity index (χ4n) is 6.17. The van der Waals surface area contributed by atoms with Crippen LogP contribution in [0.15, 0.2) is 110 Å². The summed E-state index contributed by atoms with van der Waals surface area (Å²) in [6, 6.07) is 30.0. The van der Waals surface area contributed by atoms with Gasteiger partial charge in [0.15, 0.2) is 5.65 Å². The summed E-state index contributed by atoms with van der Waals surface area (Å²) in [5, 5.41) is 10.7. The number of benzene rings is 3. The summed E-state index contributed by atoms with van der Waals surface area (Å²) in [4.78, 5) is 26.9. The van der Waals surface area contributed by atoms with Gasteiger partial charge >= 0.3 is 0 Å². The highest BCUT2D eigenvalue weighted by Crippen LogP contribution is 2.36. The monoisotopic (exact) mass is 720 g/mol. The van der Waals surface area contributed by atoms with E-state index in [1.54, 1.807) is 23.1 Å². The molecule has 3 aromatic heterocycles. The zero-order chi connectivity index (χ0) is 36.0. The summed E-state index contributed by atoms with van der Waals surface area (Å²) in [6.07, 6.45) is 3.59. The lowest BCUT2D eigenvalue weighted by atomic mass is 10.2. The zero-order valence-corrected chi connectivity index (χ0v) is 31.1. The van der Waals surface area contributed by atoms with Crippen LogP contribution in [0, 0.1) is 13.8 Å². The van der Waals surface area contributed by atoms with Gasteiger partial charge in [-0.3, -0.25) is 4.79 Å². The lowest BCUT2D eigenvalue weighted by Gasteiger charge is -2.43. The van der Waals surface area contributed by atoms with Crippen LogP contribution < -0.4 is 20.4 Å². The van der Waals surface area contributed by atoms with Crippen molar-refractivity contribution in [3.8, 4) is 11.6 Å². The van der Waals surface area contributed by atoms with Gasteiger partial charge in [-0.25, -0.2) is 19.6 Å². The first-order valence-corrected chi connectivity index (χ1v) is 19.0. The van der Waals surface area contributed by atoms with E-state index in [2.05, 4.69) is 94.7 Å². The van der Waals surface area contributed by atoms with Crippen molar-refractivity contribution in [2.24, 2.45) is 0 Å². The molecule has 1 unspecified atom stereocenters. The third kappa shape index (κ3) is 7.71. The van der Waals surface area contributed by atoms with Crippen molar-refractivity contribution in [2.45, 2.75) is 45.8 Å². The summed E-state index contributed by atoms with van der Waals surface area (Å²) in [5.41, 5.74) is 3.09. The van der Waals surface area contributed by atoms with E-state index in [0.717, 1.165) is 16.8 Å². The SMILES string of the molecule is Cc1ccc(NC(=O)C(COCCO[Si](c2ccccc2)(c2ccccc2)C(C)(C)C)Oc2ncnc3c2cnn3-c2cccc(Cl)c2C)nc1. The van der Waals surface area contributed by atoms with Crippen molar-refractivity contribution < 1.29 is 18.7 Å². The molecule has 3 aromatic carbocycles. The maximum absolute atomic E-state index is 13.7. The highest BCUT2D eigenvalue weighted by Gasteiger charge is 2.50. The Morgan fingerprint density at radius 1 is 0.863 bits per heavy atom. The summed E-state index contributed by atoms with van der Waals surface area (Å²) in [7, 11) is -2.76. The van der Waals surface area contributed by atoms with Gasteiger partial charge in [-0.2, -0.15) is 5.10 Å². The molecule has 0 saturated heterocycles. The Labute approximate surface area is 303 Å². The number of fused-ring (bicyclic) bond motifs is 1. The number of halogens is 1. The number of nitrogens with zero attached hydrogens (tertiary/aromatic N) is 5. The molecule has 1 N–H and O–H groups in total. The molecule has 0 saturated carbocycles. The Hall–Kier alpha value is -4.94. The number of aromatic nitrogens is 5. The highest BCUT2D eigenvalue weighted by molar-refractivity contribution is 6.99. The van der Waals surface area contributed by atoms with Gasteiger partial charge in [0, 0.05) is 11.2 Å². The molecule has 1 amide bonds. The normalized spacial score (nSPS) is 12.5. The second kappa shape index (κ2) is 15.5. The van der Waals surface area contributed by atoms with Crippen molar-refractivity contribution in [1.82, 2.24) is 24.7 Å². The van der Waals surface area contributed by atoms with E-state index >= 15 is 0 Å². The van der Waals surface area contributed by atoms with Crippen LogP contribution in [-0.2, 0) is 14.0 Å². The molecular formula is C39H41ClN6O4Si. The van der Waals surface area contributed by atoms with Gasteiger partial charge in [0.2, 0.25) is 12.0 Å². The molecule has 1 atom stereocenters. The number of ether oxygens (including phenoxy) is 2. The molecule has 10 nitrogen and oxygen atoms in total. The molecule has 0 aliphatic carbocycles. The summed E-state index contributed by atoms with van der Waals surface area (Å²) >= 11 is 6.40. The molecule has 0 bridgehead atoms. The van der Waals surface area contributed by atoms with Gasteiger partial charge in [-0.05, 0) is 58.6 Å². The standard InChI is InChI=1S/C39H41ClN6O4Si/c1-27-19-20-35(41-23-27)45-37(47)34(50-38-31-24-44-46(36(31)42-26-43-38)33-18-12-17-32(40)28(33)2)25-48-21-22-49-51(39(3,4)5,29-13-8-6-9-14-29)30-15-10-7-11-16-30/h6-20,23-24,26,34H,21-22,25H2,1-5H3,(H,41,45,47). The first-order valence-electron chi connectivity index (χ1n) is 16.8. The van der Waals surface area contributed by atoms with Crippen molar-refractivity contribution in [3.05, 3.63) is 126 Å². The second-order valence-corrected chi connectivity index (χ2v) is 18.0. The number of anilines is 1. The summed E-state index contributed by atoms with van der Waals surface area (Å²) < 4.78 is 21.1. The van der Waals surface area contributed by atoms with Gasteiger partial charge < -0.3 is 19.2 Å². The number of carbonyl (C=O) groups is 1. The smallest absolute Gasteiger partial charge is 0.269 e. The Balaban J connectivity index is 1.23. The van der Waals surface area contributed by atoms with Gasteiger partial charge in [-0.15, -0.1) is 0 Å². The predicted octanol–water partition coefficient (Wildman–Crippen LogP) is 6.46. The van der Waals surface area contributed by atoms with Crippen LogP contribution in [-0.4, -0.2) is 64.9 Å². The minimum atomic E-state index is -2.76. The van der Waals surface area contributed by atoms with E-state index in [9.17, 15) is 4.79 Å². The average molecular weight is 721 g/mol. The van der Waals surface area contributed by atoms with Crippen molar-refractivity contribution in [3.63, 3.8) is 0 Å². The van der Waals surface area contributed by atoms with Crippen LogP contribution in [0.4, 0.5) is 5.82 Å². The van der Waals surface area contributed by atoms with E-state index in [0.29, 0.717) is 28.5 Å². The number of aryl methyl sites for hydroxylation is 1. The molecule has 0 fully saturated rings. The quantitative estimate of drug-likeness (QED) is 0.107. The van der Waals surface area contributed by atoms with Crippen LogP contribution in [0.3, 0.4) is 0 Å². The molecule has 51 heavy (non-hydrogen) atoms. The Kier molecular flexibility index (Phi) is 10.9. The molecular weight excluding hydrogens is 680 g/mol. The van der Waals surface area contributed by atoms with Crippen LogP contribution in [0.2, 0.25) is 10.1 Å². The minimum Gasteiger partial charge on any atom is -0.461 e. The molecule has 0 radical (unpaired) electrons. The number of rotatable bonds is 13. The maximum atomic E-state index is 13.7.